The van der Waals surface area contributed by atoms with Crippen molar-refractivity contribution in [3.05, 3.63) is 45.7 Å². The number of alkyl halides is 1. The van der Waals surface area contributed by atoms with Crippen LogP contribution < -0.4 is 11.2 Å². The number of nitrogens with zero attached hydrogens (tertiary/aromatic N) is 3. The molecule has 4 heterocycles. The SMILES string of the molecule is CC[C@H]1OC(=O)[C@@](C)(F)C(=O)[C@H](C)[C@@H](O[C@@H]2O[C@H](C)C[C@H](N(C)C)[C@H]2O)[C@](C)(OC)C[C@@H](C)/C(=N\OCC#Cc2ccc3c(c2)c(=O)c(C(N)=O)cn3CC)[C@H](C)[C@H]2OC(=O)O[C@@]21C. The average molecular weight is 899 g/mol. The minimum absolute atomic E-state index is 0.0298. The average Bonchev–Trinajstić information content (AvgIpc) is 3.56. The lowest BCUT2D eigenvalue weighted by atomic mass is 9.73. The van der Waals surface area contributed by atoms with Gasteiger partial charge in [0.25, 0.3) is 11.6 Å². The minimum Gasteiger partial charge on any atom is -0.455 e. The third kappa shape index (κ3) is 9.83. The molecule has 17 nitrogen and oxygen atoms in total. The van der Waals surface area contributed by atoms with E-state index in [4.69, 9.17) is 39.0 Å². The number of methoxy groups -OCH3 is 1. The summed E-state index contributed by atoms with van der Waals surface area (Å²) in [6, 6.07) is 4.64. The van der Waals surface area contributed by atoms with Crippen LogP contribution in [0.25, 0.3) is 10.9 Å². The molecular weight excluding hydrogens is 836 g/mol. The van der Waals surface area contributed by atoms with E-state index >= 15 is 4.39 Å². The summed E-state index contributed by atoms with van der Waals surface area (Å²) in [5.74, 6) is -0.479. The maximum absolute atomic E-state index is 16.8. The summed E-state index contributed by atoms with van der Waals surface area (Å²) in [5, 5.41) is 16.3. The molecule has 3 aliphatic heterocycles. The van der Waals surface area contributed by atoms with Gasteiger partial charge in [-0.25, -0.2) is 14.0 Å². The topological polar surface area (TPSA) is 217 Å². The number of hydrogen-bond donors (Lipinski definition) is 2. The molecule has 0 unspecified atom stereocenters. The molecular formula is C46H63FN4O13. The van der Waals surface area contributed by atoms with E-state index < -0.39 is 101 Å². The van der Waals surface area contributed by atoms with Gasteiger partial charge in [-0.05, 0) is 86.2 Å². The second-order valence-corrected chi connectivity index (χ2v) is 17.9. The van der Waals surface area contributed by atoms with Gasteiger partial charge in [0.05, 0.1) is 29.0 Å². The van der Waals surface area contributed by atoms with Gasteiger partial charge in [-0.3, -0.25) is 14.4 Å². The molecule has 3 fully saturated rings. The number of fused-ring (bicyclic) bond motifs is 2. The van der Waals surface area contributed by atoms with Crippen LogP contribution in [0.3, 0.4) is 0 Å². The zero-order valence-corrected chi connectivity index (χ0v) is 38.8. The van der Waals surface area contributed by atoms with E-state index in [9.17, 15) is 29.1 Å². The molecule has 0 spiro atoms. The summed E-state index contributed by atoms with van der Waals surface area (Å²) in [6.45, 7) is 14.5. The second-order valence-electron chi connectivity index (χ2n) is 17.9. The van der Waals surface area contributed by atoms with Gasteiger partial charge in [-0.15, -0.1) is 0 Å². The summed E-state index contributed by atoms with van der Waals surface area (Å²) < 4.78 is 54.6. The summed E-state index contributed by atoms with van der Waals surface area (Å²) in [5.41, 5.74) is -0.127. The van der Waals surface area contributed by atoms with E-state index in [1.54, 1.807) is 43.5 Å². The lowest BCUT2D eigenvalue weighted by molar-refractivity contribution is -0.295. The number of aryl methyl sites for hydroxylation is 1. The van der Waals surface area contributed by atoms with Crippen molar-refractivity contribution < 1.29 is 61.9 Å². The molecule has 3 saturated heterocycles. The summed E-state index contributed by atoms with van der Waals surface area (Å²) in [6.07, 6.45) is -5.69. The van der Waals surface area contributed by atoms with Crippen molar-refractivity contribution >= 4 is 40.4 Å². The number of ketones is 1. The van der Waals surface area contributed by atoms with Crippen molar-refractivity contribution in [1.29, 1.82) is 0 Å². The van der Waals surface area contributed by atoms with Gasteiger partial charge in [0, 0.05) is 54.6 Å². The molecule has 18 heteroatoms. The number of nitrogens with two attached hydrogens (primary N) is 1. The Hall–Kier alpha value is -4.93. The van der Waals surface area contributed by atoms with Crippen LogP contribution in [0.1, 0.15) is 97.5 Å². The number of oxime groups is 1. The van der Waals surface area contributed by atoms with Gasteiger partial charge < -0.3 is 53.6 Å². The third-order valence-corrected chi connectivity index (χ3v) is 13.1. The molecule has 2 aromatic rings. The predicted molar refractivity (Wildman–Crippen MR) is 232 cm³/mol. The van der Waals surface area contributed by atoms with Crippen LogP contribution in [0.5, 0.6) is 0 Å². The number of aliphatic hydroxyl groups is 1. The van der Waals surface area contributed by atoms with Crippen molar-refractivity contribution in [3.63, 3.8) is 0 Å². The highest BCUT2D eigenvalue weighted by atomic mass is 19.1. The van der Waals surface area contributed by atoms with Gasteiger partial charge >= 0.3 is 12.1 Å². The van der Waals surface area contributed by atoms with Crippen molar-refractivity contribution in [3.8, 4) is 11.8 Å². The zero-order chi connectivity index (χ0) is 47.6. The van der Waals surface area contributed by atoms with Gasteiger partial charge in [0.15, 0.2) is 30.4 Å². The minimum atomic E-state index is -3.21. The number of aromatic nitrogens is 1. The molecule has 64 heavy (non-hydrogen) atoms. The van der Waals surface area contributed by atoms with Crippen LogP contribution in [0.4, 0.5) is 9.18 Å². The van der Waals surface area contributed by atoms with Crippen molar-refractivity contribution in [2.75, 3.05) is 27.8 Å². The fourth-order valence-electron chi connectivity index (χ4n) is 9.43. The largest absolute Gasteiger partial charge is 0.509 e. The summed E-state index contributed by atoms with van der Waals surface area (Å²) in [7, 11) is 5.02. The molecule has 0 radical (unpaired) electrons. The molecule has 5 rings (SSSR count). The molecule has 1 aromatic carbocycles. The van der Waals surface area contributed by atoms with Crippen LogP contribution in [0.15, 0.2) is 34.3 Å². The van der Waals surface area contributed by atoms with E-state index in [1.165, 1.54) is 27.2 Å². The molecule has 1 aromatic heterocycles. The number of aliphatic hydroxyl groups excluding tert-OH is 1. The van der Waals surface area contributed by atoms with Crippen LogP contribution >= 0.6 is 0 Å². The fraction of sp³-hybridized carbons (Fsp3) is 0.652. The summed E-state index contributed by atoms with van der Waals surface area (Å²) in [4.78, 5) is 73.9. The number of carbonyl (C=O) groups excluding carboxylic acids is 4. The van der Waals surface area contributed by atoms with Gasteiger partial charge in [0.2, 0.25) is 5.43 Å². The Morgan fingerprint density at radius 1 is 1.08 bits per heavy atom. The molecule has 0 bridgehead atoms. The predicted octanol–water partition coefficient (Wildman–Crippen LogP) is 4.29. The number of benzene rings is 1. The van der Waals surface area contributed by atoms with Gasteiger partial charge in [-0.2, -0.15) is 0 Å². The number of ether oxygens (including phenoxy) is 6. The number of carbonyl (C=O) groups is 4. The first-order chi connectivity index (χ1) is 29.9. The quantitative estimate of drug-likeness (QED) is 0.118. The number of primary amides is 1. The van der Waals surface area contributed by atoms with Crippen LogP contribution in [0.2, 0.25) is 0 Å². The number of halogens is 1. The van der Waals surface area contributed by atoms with Crippen LogP contribution in [-0.4, -0.2) is 132 Å². The normalized spacial score (nSPS) is 35.7. The number of rotatable bonds is 9. The first-order valence-corrected chi connectivity index (χ1v) is 21.7. The number of pyridine rings is 1. The Balaban J connectivity index is 1.57. The Bertz CT molecular complexity index is 2250. The highest BCUT2D eigenvalue weighted by Gasteiger charge is 2.60. The van der Waals surface area contributed by atoms with Crippen molar-refractivity contribution in [1.82, 2.24) is 9.47 Å². The number of Topliss-reactive ketones (excluding diaryl/α,β-unsaturated/α-hetero) is 1. The van der Waals surface area contributed by atoms with E-state index in [0.717, 1.165) is 6.92 Å². The highest BCUT2D eigenvalue weighted by Crippen LogP contribution is 2.43. The summed E-state index contributed by atoms with van der Waals surface area (Å²) >= 11 is 0. The van der Waals surface area contributed by atoms with E-state index in [-0.39, 0.29) is 36.5 Å². The molecule has 3 aliphatic rings. The van der Waals surface area contributed by atoms with Crippen molar-refractivity contribution in [2.24, 2.45) is 28.6 Å². The number of hydrogen-bond acceptors (Lipinski definition) is 15. The van der Waals surface area contributed by atoms with E-state index in [2.05, 4.69) is 17.0 Å². The highest BCUT2D eigenvalue weighted by molar-refractivity contribution is 6.08. The monoisotopic (exact) mass is 898 g/mol. The number of esters is 1. The molecule has 1 amide bonds. The molecule has 13 atom stereocenters. The van der Waals surface area contributed by atoms with Gasteiger partial charge in [0.1, 0.15) is 17.8 Å². The third-order valence-electron chi connectivity index (χ3n) is 13.1. The lowest BCUT2D eigenvalue weighted by Gasteiger charge is -2.47. The first-order valence-electron chi connectivity index (χ1n) is 21.7. The Kier molecular flexibility index (Phi) is 15.4. The first kappa shape index (κ1) is 50.1. The standard InChI is InChI=1S/C46H63FN4O13/c1-13-33-46(9)39(63-43(57)64-46)26(5)34(49-59-19-15-16-28-17-18-31-29(21-28)35(52)30(40(48)55)23-51(31)14-2)24(3)22-44(7,58-12)38(27(6)37(54)45(8,47)42(56)61-33)62-41-36(53)32(50(10)11)20-25(4)60-41/h17-18,21,23-27,32-33,36,38-39,41,53H,13-14,19-20,22H2,1-12H3,(H2,48,55)/b49-34+/t24-,25-,26+,27+,32+,33-,36-,38-,39-,41+,44-,45+,46-/m1/s1. The number of likely N-dealkylation sites (N-methyl/N-ethyl adjacent to an activating group) is 1. The lowest BCUT2D eigenvalue weighted by Crippen LogP contribution is -2.61. The maximum atomic E-state index is 16.8. The Morgan fingerprint density at radius 3 is 2.38 bits per heavy atom. The number of amides is 1. The fourth-order valence-corrected chi connectivity index (χ4v) is 9.43. The van der Waals surface area contributed by atoms with E-state index in [1.807, 2.05) is 39.8 Å². The van der Waals surface area contributed by atoms with Crippen LogP contribution in [-0.2, 0) is 49.4 Å². The smallest absolute Gasteiger partial charge is 0.455 e. The molecule has 0 aliphatic carbocycles. The number of cyclic esters (lactones) is 1. The maximum Gasteiger partial charge on any atom is 0.509 e. The zero-order valence-electron chi connectivity index (χ0n) is 38.8. The van der Waals surface area contributed by atoms with Crippen molar-refractivity contribution in [2.45, 2.75) is 148 Å². The van der Waals surface area contributed by atoms with E-state index in [0.29, 0.717) is 29.8 Å². The van der Waals surface area contributed by atoms with Gasteiger partial charge in [-0.1, -0.05) is 44.7 Å². The molecule has 3 N–H and O–H groups in total. The second kappa shape index (κ2) is 19.7. The molecule has 352 valence electrons. The molecule has 0 saturated carbocycles. The Labute approximate surface area is 373 Å². The Morgan fingerprint density at radius 2 is 1.77 bits per heavy atom. The van der Waals surface area contributed by atoms with Crippen LogP contribution in [0, 0.1) is 29.6 Å².